The van der Waals surface area contributed by atoms with E-state index in [-0.39, 0.29) is 0 Å². The zero-order chi connectivity index (χ0) is 15.5. The van der Waals surface area contributed by atoms with Crippen molar-refractivity contribution in [3.05, 3.63) is 29.8 Å². The average molecular weight is 288 g/mol. The predicted molar refractivity (Wildman–Crippen MR) is 80.7 cm³/mol. The second-order valence-electron chi connectivity index (χ2n) is 7.06. The van der Waals surface area contributed by atoms with Crippen LogP contribution in [0, 0.1) is 0 Å². The van der Waals surface area contributed by atoms with Gasteiger partial charge in [-0.15, -0.1) is 0 Å². The maximum absolute atomic E-state index is 11.6. The van der Waals surface area contributed by atoms with E-state index in [0.29, 0.717) is 12.8 Å². The van der Waals surface area contributed by atoms with Gasteiger partial charge in [-0.1, -0.05) is 24.3 Å². The summed E-state index contributed by atoms with van der Waals surface area (Å²) < 4.78 is 12.2. The molecule has 112 valence electrons. The lowest BCUT2D eigenvalue weighted by Crippen LogP contribution is -2.41. The molecule has 0 radical (unpaired) electrons. The summed E-state index contributed by atoms with van der Waals surface area (Å²) in [5.41, 5.74) is 0.0716. The molecule has 1 saturated heterocycles. The maximum Gasteiger partial charge on any atom is 0.495 e. The Kier molecular flexibility index (Phi) is 3.02. The molecule has 4 nitrogen and oxygen atoms in total. The summed E-state index contributed by atoms with van der Waals surface area (Å²) in [6.45, 7) is 8.00. The van der Waals surface area contributed by atoms with Crippen molar-refractivity contribution in [3.63, 3.8) is 0 Å². The van der Waals surface area contributed by atoms with Crippen molar-refractivity contribution in [2.24, 2.45) is 0 Å². The molecule has 5 heteroatoms. The summed E-state index contributed by atoms with van der Waals surface area (Å²) in [4.78, 5) is 11.6. The van der Waals surface area contributed by atoms with E-state index in [2.05, 4.69) is 0 Å². The highest BCUT2D eigenvalue weighted by Crippen LogP contribution is 2.48. The summed E-state index contributed by atoms with van der Waals surface area (Å²) in [5.74, 6) is -0.758. The van der Waals surface area contributed by atoms with E-state index in [1.54, 1.807) is 0 Å². The van der Waals surface area contributed by atoms with E-state index in [9.17, 15) is 9.90 Å². The van der Waals surface area contributed by atoms with Crippen LogP contribution in [0.25, 0.3) is 0 Å². The first-order chi connectivity index (χ1) is 9.70. The van der Waals surface area contributed by atoms with E-state index in [1.807, 2.05) is 52.0 Å². The molecule has 0 atom stereocenters. The summed E-state index contributed by atoms with van der Waals surface area (Å²) in [5, 5.41) is 9.55. The van der Waals surface area contributed by atoms with Crippen molar-refractivity contribution in [1.29, 1.82) is 0 Å². The van der Waals surface area contributed by atoms with Gasteiger partial charge >= 0.3 is 13.1 Å². The van der Waals surface area contributed by atoms with Crippen LogP contribution < -0.4 is 5.46 Å². The lowest BCUT2D eigenvalue weighted by atomic mass is 9.72. The van der Waals surface area contributed by atoms with Crippen molar-refractivity contribution >= 4 is 18.6 Å². The van der Waals surface area contributed by atoms with E-state index < -0.39 is 29.7 Å². The summed E-state index contributed by atoms with van der Waals surface area (Å²) in [7, 11) is -0.511. The number of rotatable bonds is 3. The molecule has 1 aromatic carbocycles. The molecule has 1 heterocycles. The van der Waals surface area contributed by atoms with Gasteiger partial charge < -0.3 is 14.4 Å². The van der Waals surface area contributed by atoms with Gasteiger partial charge in [0.15, 0.2) is 0 Å². The van der Waals surface area contributed by atoms with E-state index in [4.69, 9.17) is 9.31 Å². The first-order valence-electron chi connectivity index (χ1n) is 7.38. The molecule has 1 saturated carbocycles. The lowest BCUT2D eigenvalue weighted by molar-refractivity contribution is -0.140. The monoisotopic (exact) mass is 288 g/mol. The average Bonchev–Trinajstić information content (AvgIpc) is 3.14. The molecule has 0 bridgehead atoms. The van der Waals surface area contributed by atoms with Gasteiger partial charge in [-0.25, -0.2) is 0 Å². The van der Waals surface area contributed by atoms with Gasteiger partial charge in [0.25, 0.3) is 0 Å². The van der Waals surface area contributed by atoms with Gasteiger partial charge in [0.2, 0.25) is 0 Å². The molecule has 3 rings (SSSR count). The SMILES string of the molecule is CC1(C)OB(c2ccccc2C2(C(=O)O)CC2)OC1(C)C. The van der Waals surface area contributed by atoms with Crippen LogP contribution in [0.4, 0.5) is 0 Å². The van der Waals surface area contributed by atoms with Crippen molar-refractivity contribution < 1.29 is 19.2 Å². The van der Waals surface area contributed by atoms with Gasteiger partial charge in [0.05, 0.1) is 16.6 Å². The van der Waals surface area contributed by atoms with Crippen molar-refractivity contribution in [2.45, 2.75) is 57.2 Å². The minimum Gasteiger partial charge on any atom is -0.481 e. The molecule has 1 aliphatic carbocycles. The predicted octanol–water partition coefficient (Wildman–Crippen LogP) is 2.10. The number of carboxylic acid groups (broad SMARTS) is 1. The Labute approximate surface area is 125 Å². The summed E-state index contributed by atoms with van der Waals surface area (Å²) in [6.07, 6.45) is 1.36. The van der Waals surface area contributed by atoms with Gasteiger partial charge in [-0.2, -0.15) is 0 Å². The van der Waals surface area contributed by atoms with Crippen LogP contribution in [0.2, 0.25) is 0 Å². The Morgan fingerprint density at radius 3 is 2.10 bits per heavy atom. The molecule has 1 N–H and O–H groups in total. The fraction of sp³-hybridized carbons (Fsp3) is 0.562. The van der Waals surface area contributed by atoms with Gasteiger partial charge in [-0.3, -0.25) is 4.79 Å². The van der Waals surface area contributed by atoms with Crippen molar-refractivity contribution in [3.8, 4) is 0 Å². The second kappa shape index (κ2) is 4.34. The standard InChI is InChI=1S/C16H21BO4/c1-14(2)15(3,4)21-17(20-14)12-8-6-5-7-11(12)16(9-10-16)13(18)19/h5-8H,9-10H2,1-4H3,(H,18,19). The number of hydrogen-bond acceptors (Lipinski definition) is 3. The number of benzene rings is 1. The third-order valence-electron chi connectivity index (χ3n) is 5.14. The fourth-order valence-electron chi connectivity index (χ4n) is 2.83. The van der Waals surface area contributed by atoms with E-state index in [1.165, 1.54) is 0 Å². The molecule has 0 unspecified atom stereocenters. The van der Waals surface area contributed by atoms with Crippen LogP contribution >= 0.6 is 0 Å². The smallest absolute Gasteiger partial charge is 0.481 e. The zero-order valence-electron chi connectivity index (χ0n) is 13.0. The quantitative estimate of drug-likeness (QED) is 0.865. The van der Waals surface area contributed by atoms with Gasteiger partial charge in [0, 0.05) is 0 Å². The molecule has 21 heavy (non-hydrogen) atoms. The molecular weight excluding hydrogens is 267 g/mol. The zero-order valence-corrected chi connectivity index (χ0v) is 13.0. The Morgan fingerprint density at radius 2 is 1.62 bits per heavy atom. The fourth-order valence-corrected chi connectivity index (χ4v) is 2.83. The molecule has 2 aliphatic rings. The molecule has 1 aromatic rings. The van der Waals surface area contributed by atoms with E-state index >= 15 is 0 Å². The third-order valence-corrected chi connectivity index (χ3v) is 5.14. The third kappa shape index (κ3) is 2.10. The Bertz CT molecular complexity index is 574. The number of carboxylic acids is 1. The highest BCUT2D eigenvalue weighted by molar-refractivity contribution is 6.62. The van der Waals surface area contributed by atoms with Crippen LogP contribution in [0.1, 0.15) is 46.1 Å². The van der Waals surface area contributed by atoms with E-state index in [0.717, 1.165) is 11.0 Å². The molecule has 0 aromatic heterocycles. The van der Waals surface area contributed by atoms with Crippen LogP contribution in [0.3, 0.4) is 0 Å². The van der Waals surface area contributed by atoms with Crippen LogP contribution in [-0.4, -0.2) is 29.4 Å². The van der Waals surface area contributed by atoms with Crippen LogP contribution in [0.5, 0.6) is 0 Å². The number of carbonyl (C=O) groups is 1. The maximum atomic E-state index is 11.6. The van der Waals surface area contributed by atoms with Gasteiger partial charge in [0.1, 0.15) is 0 Å². The van der Waals surface area contributed by atoms with Gasteiger partial charge in [-0.05, 0) is 51.6 Å². The molecular formula is C16H21BO4. The van der Waals surface area contributed by atoms with Crippen molar-refractivity contribution in [1.82, 2.24) is 0 Å². The summed E-state index contributed by atoms with van der Waals surface area (Å²) >= 11 is 0. The Morgan fingerprint density at radius 1 is 1.10 bits per heavy atom. The summed E-state index contributed by atoms with van der Waals surface area (Å²) in [6, 6.07) is 7.59. The molecule has 0 spiro atoms. The van der Waals surface area contributed by atoms with Crippen molar-refractivity contribution in [2.75, 3.05) is 0 Å². The first-order valence-corrected chi connectivity index (χ1v) is 7.38. The highest BCUT2D eigenvalue weighted by atomic mass is 16.7. The normalized spacial score (nSPS) is 24.9. The topological polar surface area (TPSA) is 55.8 Å². The van der Waals surface area contributed by atoms with Crippen LogP contribution in [-0.2, 0) is 19.5 Å². The Hall–Kier alpha value is -1.33. The first kappa shape index (κ1) is 14.6. The molecule has 0 amide bonds. The Balaban J connectivity index is 2.01. The van der Waals surface area contributed by atoms with Crippen LogP contribution in [0.15, 0.2) is 24.3 Å². The largest absolute Gasteiger partial charge is 0.495 e. The lowest BCUT2D eigenvalue weighted by Gasteiger charge is -2.32. The second-order valence-corrected chi connectivity index (χ2v) is 7.06. The minimum absolute atomic E-state index is 0.426. The number of hydrogen-bond donors (Lipinski definition) is 1. The molecule has 2 fully saturated rings. The minimum atomic E-state index is -0.758. The number of aliphatic carboxylic acids is 1. The molecule has 1 aliphatic heterocycles. The highest BCUT2D eigenvalue weighted by Gasteiger charge is 2.57.